The summed E-state index contributed by atoms with van der Waals surface area (Å²) in [6, 6.07) is 13.6. The van der Waals surface area contributed by atoms with Crippen LogP contribution >= 0.6 is 0 Å². The number of carboxylic acids is 6. The first-order valence-electron chi connectivity index (χ1n) is 17.9. The summed E-state index contributed by atoms with van der Waals surface area (Å²) in [6.45, 7) is 40.1. The number of benzene rings is 1. The van der Waals surface area contributed by atoms with Crippen molar-refractivity contribution in [3.05, 3.63) is 179 Å². The summed E-state index contributed by atoms with van der Waals surface area (Å²) in [5.74, 6) is -8.20. The quantitative estimate of drug-likeness (QED) is 0.0439. The van der Waals surface area contributed by atoms with Gasteiger partial charge < -0.3 is 51.0 Å². The highest BCUT2D eigenvalue weighted by molar-refractivity contribution is 5.91. The predicted molar refractivity (Wildman–Crippen MR) is 261 cm³/mol. The lowest BCUT2D eigenvalue weighted by atomic mass is 10.2. The van der Waals surface area contributed by atoms with Crippen molar-refractivity contribution in [1.82, 2.24) is 0 Å². The number of esters is 2. The Hall–Kier alpha value is -9.73. The maximum Gasteiger partial charge on any atom is 0.332 e. The summed E-state index contributed by atoms with van der Waals surface area (Å²) < 4.78 is 8.61. The van der Waals surface area contributed by atoms with E-state index in [1.807, 2.05) is 42.5 Å². The van der Waals surface area contributed by atoms with E-state index in [-0.39, 0.29) is 30.3 Å². The molecule has 0 aliphatic carbocycles. The molecule has 0 atom stereocenters. The second-order valence-corrected chi connectivity index (χ2v) is 10.4. The fraction of sp³-hybridized carbons (Fsp3) is 0.146. The number of methoxy groups -OCH3 is 1. The van der Waals surface area contributed by atoms with Crippen LogP contribution in [0.2, 0.25) is 0 Å². The number of rotatable bonds is 14. The maximum atomic E-state index is 10.2. The molecule has 21 heteroatoms. The summed E-state index contributed by atoms with van der Waals surface area (Å²) in [4.78, 5) is 87.4. The Bertz CT molecular complexity index is 1900. The molecule has 0 fully saturated rings. The second-order valence-electron chi connectivity index (χ2n) is 10.4. The number of allylic oxidation sites excluding steroid dienone is 4. The van der Waals surface area contributed by atoms with Crippen LogP contribution in [0.1, 0.15) is 32.8 Å². The molecule has 1 aromatic carbocycles. The van der Waals surface area contributed by atoms with Crippen molar-refractivity contribution in [2.75, 3.05) is 20.3 Å². The average molecular weight is 970 g/mol. The van der Waals surface area contributed by atoms with E-state index < -0.39 is 54.1 Å². The number of nitrogens with zero attached hydrogens (tertiary/aromatic N) is 2. The number of aliphatic hydroxyl groups excluding tert-OH is 1. The van der Waals surface area contributed by atoms with E-state index in [1.54, 1.807) is 32.1 Å². The minimum absolute atomic E-state index is 0.0465. The number of aliphatic hydroxyl groups is 1. The zero-order valence-electron chi connectivity index (χ0n) is 39.1. The Kier molecular flexibility index (Phi) is 80.9. The van der Waals surface area contributed by atoms with Gasteiger partial charge in [-0.2, -0.15) is 10.5 Å². The molecular weight excluding hydrogens is 907 g/mol. The zero-order chi connectivity index (χ0) is 56.9. The Morgan fingerprint density at radius 1 is 0.667 bits per heavy atom. The predicted octanol–water partition coefficient (Wildman–Crippen LogP) is 6.29. The first-order valence-corrected chi connectivity index (χ1v) is 17.9. The third-order valence-corrected chi connectivity index (χ3v) is 4.30. The number of nitriles is 2. The van der Waals surface area contributed by atoms with Gasteiger partial charge in [-0.15, -0.1) is 0 Å². The van der Waals surface area contributed by atoms with Gasteiger partial charge in [-0.1, -0.05) is 121 Å². The van der Waals surface area contributed by atoms with Gasteiger partial charge in [0.15, 0.2) is 0 Å². The molecule has 69 heavy (non-hydrogen) atoms. The standard InChI is InChI=1S/C8H8.C5H6O4.C5H8O3.C5H8O2.C4H5N.C4H4O4.C4H6O2.C4H6.C3H5NO.C3H3N.C3H4O2/c1-2-8-6-4-3-5-7-8;1-3(5(8)9)2-4(6)7;1-2-5(7)8-4-3-6;1-4(2)5(6)7-3;1-4(2)3-5;5-3(6)1-2-4(7)8;1-3(2)4(5)6;1-3-4-2;1-2-3(4)5;1-2-3-4;1-2-3(4)5/h2-7H,1H2;1-2H2,(H,6,7)(H,8,9);2,6H,1,3-4H2;1H2,2-3H3;1H2,2H3;1-2H,(H,5,6)(H,7,8);1H2,2H3,(H,5,6);3-4H,1-2H2;2H,1H2,(H2,4,5);2H,1H2;2H,1H2,(H,4,5)/b;;;;;2-1-;;;;;. The minimum Gasteiger partial charge on any atom is -0.481 e. The molecule has 0 radical (unpaired) electrons. The fourth-order valence-corrected chi connectivity index (χ4v) is 1.37. The highest BCUT2D eigenvalue weighted by atomic mass is 16.5. The molecule has 0 aliphatic rings. The number of hydrogen-bond donors (Lipinski definition) is 8. The molecule has 0 aromatic heterocycles. The number of aliphatic carboxylic acids is 6. The fourth-order valence-electron chi connectivity index (χ4n) is 1.37. The van der Waals surface area contributed by atoms with Gasteiger partial charge in [0.1, 0.15) is 6.61 Å². The van der Waals surface area contributed by atoms with Gasteiger partial charge >= 0.3 is 47.8 Å². The average Bonchev–Trinajstić information content (AvgIpc) is 3.31. The summed E-state index contributed by atoms with van der Waals surface area (Å²) in [7, 11) is 1.33. The van der Waals surface area contributed by atoms with Gasteiger partial charge in [0, 0.05) is 52.7 Å². The minimum atomic E-state index is -1.27. The Balaban J connectivity index is -0.0000000701. The molecule has 1 amide bonds. The third-order valence-electron chi connectivity index (χ3n) is 4.30. The summed E-state index contributed by atoms with van der Waals surface area (Å²) in [5.41, 5.74) is 6.57. The van der Waals surface area contributed by atoms with Crippen LogP contribution < -0.4 is 5.73 Å². The van der Waals surface area contributed by atoms with Crippen molar-refractivity contribution in [2.24, 2.45) is 5.73 Å². The van der Waals surface area contributed by atoms with Crippen molar-refractivity contribution in [3.63, 3.8) is 0 Å². The van der Waals surface area contributed by atoms with Crippen molar-refractivity contribution in [2.45, 2.75) is 27.2 Å². The summed E-state index contributed by atoms with van der Waals surface area (Å²) in [5, 5.41) is 70.6. The summed E-state index contributed by atoms with van der Waals surface area (Å²) >= 11 is 0. The number of carbonyl (C=O) groups is 9. The first-order chi connectivity index (χ1) is 31.9. The molecule has 9 N–H and O–H groups in total. The van der Waals surface area contributed by atoms with E-state index in [4.69, 9.17) is 46.3 Å². The molecular formula is C48H63N3O18. The first kappa shape index (κ1) is 82.9. The van der Waals surface area contributed by atoms with Crippen LogP contribution in [-0.2, 0) is 52.6 Å². The highest BCUT2D eigenvalue weighted by Crippen LogP contribution is 1.97. The maximum absolute atomic E-state index is 10.2. The van der Waals surface area contributed by atoms with Crippen molar-refractivity contribution >= 4 is 59.7 Å². The normalized spacial score (nSPS) is 7.41. The molecule has 0 unspecified atom stereocenters. The Labute approximate surface area is 402 Å². The molecule has 0 saturated carbocycles. The topological polar surface area (TPSA) is 387 Å². The number of hydrogen-bond acceptors (Lipinski definition) is 14. The van der Waals surface area contributed by atoms with E-state index in [9.17, 15) is 43.2 Å². The third kappa shape index (κ3) is 133. The van der Waals surface area contributed by atoms with Crippen LogP contribution in [0, 0.1) is 22.7 Å². The molecule has 0 aliphatic heterocycles. The van der Waals surface area contributed by atoms with Gasteiger partial charge in [-0.05, 0) is 32.4 Å². The molecule has 0 saturated heterocycles. The van der Waals surface area contributed by atoms with Gasteiger partial charge in [-0.25, -0.2) is 33.6 Å². The van der Waals surface area contributed by atoms with Crippen molar-refractivity contribution in [1.29, 1.82) is 10.5 Å². The number of ether oxygens (including phenoxy) is 2. The lowest BCUT2D eigenvalue weighted by molar-refractivity contribution is -0.139. The second kappa shape index (κ2) is 67.3. The summed E-state index contributed by atoms with van der Waals surface area (Å²) in [6.07, 6.45) is 9.84. The number of nitrogens with two attached hydrogens (primary N) is 1. The van der Waals surface area contributed by atoms with E-state index in [0.29, 0.717) is 23.3 Å². The zero-order valence-corrected chi connectivity index (χ0v) is 39.1. The van der Waals surface area contributed by atoms with E-state index in [0.717, 1.165) is 18.2 Å². The monoisotopic (exact) mass is 969 g/mol. The number of carbonyl (C=O) groups excluding carboxylic acids is 3. The molecule has 1 aromatic rings. The van der Waals surface area contributed by atoms with Crippen LogP contribution in [0.3, 0.4) is 0 Å². The highest BCUT2D eigenvalue weighted by Gasteiger charge is 2.07. The largest absolute Gasteiger partial charge is 0.481 e. The van der Waals surface area contributed by atoms with Crippen molar-refractivity contribution < 1.29 is 88.4 Å². The van der Waals surface area contributed by atoms with Crippen LogP contribution in [0.15, 0.2) is 174 Å². The van der Waals surface area contributed by atoms with Crippen LogP contribution in [0.25, 0.3) is 6.08 Å². The van der Waals surface area contributed by atoms with Gasteiger partial charge in [0.25, 0.3) is 0 Å². The number of primary amides is 1. The van der Waals surface area contributed by atoms with E-state index in [1.165, 1.54) is 25.7 Å². The smallest absolute Gasteiger partial charge is 0.332 e. The van der Waals surface area contributed by atoms with Gasteiger partial charge in [-0.3, -0.25) is 9.59 Å². The van der Waals surface area contributed by atoms with E-state index >= 15 is 0 Å². The number of amides is 1. The molecule has 0 bridgehead atoms. The molecule has 0 heterocycles. The van der Waals surface area contributed by atoms with Crippen LogP contribution in [0.4, 0.5) is 0 Å². The van der Waals surface area contributed by atoms with Crippen LogP contribution in [-0.4, -0.2) is 110 Å². The lowest BCUT2D eigenvalue weighted by Crippen LogP contribution is -2.04. The Morgan fingerprint density at radius 2 is 1.03 bits per heavy atom. The molecule has 21 nitrogen and oxygen atoms in total. The lowest BCUT2D eigenvalue weighted by Gasteiger charge is -1.94. The van der Waals surface area contributed by atoms with Gasteiger partial charge in [0.05, 0.1) is 32.3 Å². The Morgan fingerprint density at radius 3 is 1.14 bits per heavy atom. The number of carboxylic acid groups (broad SMARTS) is 6. The van der Waals surface area contributed by atoms with Crippen LogP contribution in [0.5, 0.6) is 0 Å². The van der Waals surface area contributed by atoms with Crippen molar-refractivity contribution in [3.8, 4) is 12.1 Å². The molecule has 378 valence electrons. The SMILES string of the molecule is C=C(C)C#N.C=C(C)C(=O)O.C=C(C)C(=O)OC.C=C(CC(=O)O)C(=O)O.C=CC#N.C=CC(=O)O.C=CC(=O)OCCO.C=CC(N)=O.C=CC=C.C=Cc1ccccc1.O=C(O)/C=C\C(=O)O. The van der Waals surface area contributed by atoms with Gasteiger partial charge in [0.2, 0.25) is 5.91 Å². The molecule has 1 rings (SSSR count). The van der Waals surface area contributed by atoms with E-state index in [2.05, 4.69) is 87.6 Å². The molecule has 0 spiro atoms.